The van der Waals surface area contributed by atoms with Crippen LogP contribution in [0, 0.1) is 0 Å². The summed E-state index contributed by atoms with van der Waals surface area (Å²) in [5.74, 6) is 0. The Balaban J connectivity index is 1.31. The van der Waals surface area contributed by atoms with Crippen molar-refractivity contribution in [1.82, 2.24) is 9.34 Å². The maximum atomic E-state index is 4.66. The summed E-state index contributed by atoms with van der Waals surface area (Å²) in [6, 6.07) is 38.9. The van der Waals surface area contributed by atoms with Crippen molar-refractivity contribution in [1.29, 1.82) is 0 Å². The molecule has 1 aliphatic rings. The predicted molar refractivity (Wildman–Crippen MR) is 154 cm³/mol. The van der Waals surface area contributed by atoms with Gasteiger partial charge in [0, 0.05) is 11.1 Å². The number of benzene rings is 4. The van der Waals surface area contributed by atoms with E-state index in [1.165, 1.54) is 32.9 Å². The lowest BCUT2D eigenvalue weighted by atomic mass is 10.1. The van der Waals surface area contributed by atoms with Gasteiger partial charge in [0.2, 0.25) is 15.4 Å². The summed E-state index contributed by atoms with van der Waals surface area (Å²) < 4.78 is 5.17. The van der Waals surface area contributed by atoms with Crippen molar-refractivity contribution < 1.29 is 0 Å². The first kappa shape index (κ1) is 22.9. The third-order valence-corrected chi connectivity index (χ3v) is 10.5. The first-order valence-electron chi connectivity index (χ1n) is 11.7. The molecule has 0 aliphatic carbocycles. The summed E-state index contributed by atoms with van der Waals surface area (Å²) in [5.41, 5.74) is 5.16. The van der Waals surface area contributed by atoms with Crippen LogP contribution < -0.4 is 10.6 Å². The molecule has 4 heteroatoms. The highest BCUT2D eigenvalue weighted by Gasteiger charge is 2.35. The van der Waals surface area contributed by atoms with Crippen LogP contribution in [0.4, 0.5) is 0 Å². The largest absolute Gasteiger partial charge is 0.216 e. The second-order valence-electron chi connectivity index (χ2n) is 8.47. The Bertz CT molecular complexity index is 1190. The average Bonchev–Trinajstić information content (AvgIpc) is 2.93. The molecule has 0 amide bonds. The number of hydrogen-bond donors (Lipinski definition) is 0. The summed E-state index contributed by atoms with van der Waals surface area (Å²) in [6.07, 6.45) is 9.32. The molecule has 34 heavy (non-hydrogen) atoms. The van der Waals surface area contributed by atoms with E-state index < -0.39 is 15.4 Å². The number of piperazine rings is 1. The molecule has 5 rings (SSSR count). The summed E-state index contributed by atoms with van der Waals surface area (Å²) in [7, 11) is -1.26. The van der Waals surface area contributed by atoms with E-state index in [0.717, 1.165) is 26.2 Å². The van der Waals surface area contributed by atoms with Gasteiger partial charge in [-0.3, -0.25) is 0 Å². The standard InChI is InChI=1S/C30H30N2P2/c1-33(29-19-11-9-17-27(29)25-13-5-3-6-14-25)31-21-23-32(24-22-31)34(2)30-20-12-10-18-28(30)26-15-7-4-8-16-26/h3-20H,1-2,21-24H2/q+2. The zero-order chi connectivity index (χ0) is 23.3. The van der Waals surface area contributed by atoms with Crippen molar-refractivity contribution >= 4 is 38.6 Å². The van der Waals surface area contributed by atoms with Crippen molar-refractivity contribution in [3.05, 3.63) is 109 Å². The van der Waals surface area contributed by atoms with Crippen LogP contribution in [0.1, 0.15) is 0 Å². The van der Waals surface area contributed by atoms with E-state index in [4.69, 9.17) is 0 Å². The number of nitrogens with zero attached hydrogens (tertiary/aromatic N) is 2. The second kappa shape index (κ2) is 10.6. The van der Waals surface area contributed by atoms with Gasteiger partial charge in [-0.15, -0.1) is 9.34 Å². The fraction of sp³-hybridized carbons (Fsp3) is 0.133. The molecular weight excluding hydrogens is 450 g/mol. The van der Waals surface area contributed by atoms with Crippen LogP contribution in [0.25, 0.3) is 22.3 Å². The Hall–Kier alpha value is -2.86. The van der Waals surface area contributed by atoms with Gasteiger partial charge >= 0.3 is 0 Å². The first-order chi connectivity index (χ1) is 16.7. The highest BCUT2D eigenvalue weighted by atomic mass is 31.1. The molecule has 1 saturated heterocycles. The molecule has 0 bridgehead atoms. The van der Waals surface area contributed by atoms with Crippen molar-refractivity contribution in [2.24, 2.45) is 0 Å². The highest BCUT2D eigenvalue weighted by molar-refractivity contribution is 7.62. The van der Waals surface area contributed by atoms with Gasteiger partial charge in [0.25, 0.3) is 0 Å². The quantitative estimate of drug-likeness (QED) is 0.301. The normalized spacial score (nSPS) is 15.6. The molecule has 1 aliphatic heterocycles. The van der Waals surface area contributed by atoms with Gasteiger partial charge < -0.3 is 0 Å². The van der Waals surface area contributed by atoms with Crippen LogP contribution >= 0.6 is 15.4 Å². The fourth-order valence-electron chi connectivity index (χ4n) is 4.59. The molecule has 2 atom stereocenters. The molecule has 0 aromatic heterocycles. The van der Waals surface area contributed by atoms with Crippen molar-refractivity contribution in [3.63, 3.8) is 0 Å². The Kier molecular flexibility index (Phi) is 7.14. The molecule has 0 radical (unpaired) electrons. The molecule has 1 heterocycles. The van der Waals surface area contributed by atoms with E-state index in [1.807, 2.05) is 0 Å². The maximum absolute atomic E-state index is 4.66. The van der Waals surface area contributed by atoms with E-state index in [2.05, 4.69) is 131 Å². The van der Waals surface area contributed by atoms with Crippen molar-refractivity contribution in [3.8, 4) is 22.3 Å². The summed E-state index contributed by atoms with van der Waals surface area (Å²) >= 11 is 0. The minimum atomic E-state index is -0.630. The van der Waals surface area contributed by atoms with Crippen LogP contribution in [-0.2, 0) is 0 Å². The summed E-state index contributed by atoms with van der Waals surface area (Å²) in [4.78, 5) is 0. The lowest BCUT2D eigenvalue weighted by molar-refractivity contribution is 0.302. The van der Waals surface area contributed by atoms with E-state index in [0.29, 0.717) is 0 Å². The second-order valence-corrected chi connectivity index (χ2v) is 12.2. The third kappa shape index (κ3) is 4.83. The molecule has 0 spiro atoms. The van der Waals surface area contributed by atoms with Crippen LogP contribution in [0.15, 0.2) is 109 Å². The van der Waals surface area contributed by atoms with Crippen molar-refractivity contribution in [2.45, 2.75) is 0 Å². The minimum absolute atomic E-state index is 0.630. The van der Waals surface area contributed by atoms with Crippen LogP contribution in [0.5, 0.6) is 0 Å². The lowest BCUT2D eigenvalue weighted by Crippen LogP contribution is -2.42. The zero-order valence-corrected chi connectivity index (χ0v) is 21.2. The molecule has 168 valence electrons. The van der Waals surface area contributed by atoms with E-state index >= 15 is 0 Å². The lowest BCUT2D eigenvalue weighted by Gasteiger charge is -2.26. The molecule has 0 N–H and O–H groups in total. The van der Waals surface area contributed by atoms with E-state index in [-0.39, 0.29) is 0 Å². The maximum Gasteiger partial charge on any atom is 0.216 e. The van der Waals surface area contributed by atoms with Crippen LogP contribution in [0.2, 0.25) is 0 Å². The minimum Gasteiger partial charge on any atom is -0.125 e. The zero-order valence-electron chi connectivity index (χ0n) is 19.4. The molecule has 0 saturated carbocycles. The summed E-state index contributed by atoms with van der Waals surface area (Å²) in [5, 5.41) is 2.73. The van der Waals surface area contributed by atoms with Crippen LogP contribution in [-0.4, -0.2) is 48.1 Å². The smallest absolute Gasteiger partial charge is 0.125 e. The Morgan fingerprint density at radius 3 is 1.15 bits per heavy atom. The van der Waals surface area contributed by atoms with Gasteiger partial charge in [0.1, 0.15) is 0 Å². The monoisotopic (exact) mass is 480 g/mol. The van der Waals surface area contributed by atoms with Gasteiger partial charge in [-0.05, 0) is 35.4 Å². The Labute approximate surface area is 205 Å². The topological polar surface area (TPSA) is 6.48 Å². The van der Waals surface area contributed by atoms with Crippen molar-refractivity contribution in [2.75, 3.05) is 26.2 Å². The Morgan fingerprint density at radius 1 is 0.441 bits per heavy atom. The third-order valence-electron chi connectivity index (χ3n) is 6.45. The number of hydrogen-bond acceptors (Lipinski definition) is 2. The SMILES string of the molecule is C=[P+](c1ccccc1-c1ccccc1)N1CCN([P+](=C)c2ccccc2-c2ccccc2)CC1. The predicted octanol–water partition coefficient (Wildman–Crippen LogP) is 6.25. The van der Waals surface area contributed by atoms with Gasteiger partial charge in [-0.2, -0.15) is 0 Å². The van der Waals surface area contributed by atoms with E-state index in [9.17, 15) is 0 Å². The number of rotatable bonds is 6. The van der Waals surface area contributed by atoms with Gasteiger partial charge in [0.05, 0.1) is 38.8 Å². The summed E-state index contributed by atoms with van der Waals surface area (Å²) in [6.45, 7) is 4.11. The molecule has 2 unspecified atom stereocenters. The van der Waals surface area contributed by atoms with Gasteiger partial charge in [-0.1, -0.05) is 84.9 Å². The highest BCUT2D eigenvalue weighted by Crippen LogP contribution is 2.36. The van der Waals surface area contributed by atoms with Crippen LogP contribution in [0.3, 0.4) is 0 Å². The molecule has 1 fully saturated rings. The van der Waals surface area contributed by atoms with Gasteiger partial charge in [0.15, 0.2) is 10.6 Å². The molecular formula is C30H30N2P2+2. The molecule has 4 aromatic carbocycles. The first-order valence-corrected chi connectivity index (χ1v) is 14.7. The van der Waals surface area contributed by atoms with Gasteiger partial charge in [-0.25, -0.2) is 0 Å². The fourth-order valence-corrected chi connectivity index (χ4v) is 8.01. The molecule has 4 aromatic rings. The molecule has 2 nitrogen and oxygen atoms in total. The Morgan fingerprint density at radius 2 is 0.765 bits per heavy atom. The average molecular weight is 481 g/mol. The van der Waals surface area contributed by atoms with E-state index in [1.54, 1.807) is 0 Å².